The van der Waals surface area contributed by atoms with Crippen LogP contribution in [0.3, 0.4) is 0 Å². The van der Waals surface area contributed by atoms with E-state index in [1.807, 2.05) is 0 Å². The van der Waals surface area contributed by atoms with Crippen LogP contribution in [0.25, 0.3) is 0 Å². The molecule has 0 amide bonds. The molecule has 1 unspecified atom stereocenters. The van der Waals surface area contributed by atoms with E-state index in [0.29, 0.717) is 6.04 Å². The van der Waals surface area contributed by atoms with E-state index in [2.05, 4.69) is 72.9 Å². The summed E-state index contributed by atoms with van der Waals surface area (Å²) in [5.41, 5.74) is 2.90. The van der Waals surface area contributed by atoms with Crippen molar-refractivity contribution in [1.29, 1.82) is 0 Å². The lowest BCUT2D eigenvalue weighted by Gasteiger charge is -2.18. The molecule has 0 aliphatic rings. The molecule has 124 valence electrons. The maximum absolute atomic E-state index is 3.77. The summed E-state index contributed by atoms with van der Waals surface area (Å²) in [6, 6.07) is 22.3. The highest BCUT2D eigenvalue weighted by molar-refractivity contribution is 5.15. The molecule has 0 bridgehead atoms. The Morgan fingerprint density at radius 1 is 0.739 bits per heavy atom. The van der Waals surface area contributed by atoms with E-state index in [1.54, 1.807) is 0 Å². The standard InChI is InChI=1S/C22H31N/c1-2-11-22(23-19-18-21-14-7-4-8-15-21)17-10-9-16-20-12-5-3-6-13-20/h3-8,12-15,22-23H,2,9-11,16-19H2,1H3. The van der Waals surface area contributed by atoms with Crippen LogP contribution in [0.15, 0.2) is 60.7 Å². The van der Waals surface area contributed by atoms with Crippen molar-refractivity contribution in [3.8, 4) is 0 Å². The molecule has 0 aromatic heterocycles. The zero-order valence-electron chi connectivity index (χ0n) is 14.5. The molecule has 23 heavy (non-hydrogen) atoms. The Kier molecular flexibility index (Phi) is 8.50. The quantitative estimate of drug-likeness (QED) is 0.548. The van der Waals surface area contributed by atoms with Crippen LogP contribution in [-0.2, 0) is 12.8 Å². The highest BCUT2D eigenvalue weighted by Gasteiger charge is 2.06. The predicted molar refractivity (Wildman–Crippen MR) is 101 cm³/mol. The topological polar surface area (TPSA) is 12.0 Å². The van der Waals surface area contributed by atoms with Gasteiger partial charge < -0.3 is 5.32 Å². The molecule has 2 aromatic rings. The fourth-order valence-corrected chi connectivity index (χ4v) is 3.13. The highest BCUT2D eigenvalue weighted by Crippen LogP contribution is 2.11. The molecule has 1 atom stereocenters. The minimum atomic E-state index is 0.680. The maximum Gasteiger partial charge on any atom is 0.00670 e. The Balaban J connectivity index is 1.63. The van der Waals surface area contributed by atoms with Gasteiger partial charge in [-0.3, -0.25) is 0 Å². The molecule has 2 aromatic carbocycles. The zero-order chi connectivity index (χ0) is 16.2. The van der Waals surface area contributed by atoms with Crippen molar-refractivity contribution >= 4 is 0 Å². The Labute approximate surface area is 142 Å². The molecule has 1 N–H and O–H groups in total. The molecular weight excluding hydrogens is 278 g/mol. The molecule has 1 heteroatoms. The summed E-state index contributed by atoms with van der Waals surface area (Å²) in [4.78, 5) is 0. The molecule has 0 spiro atoms. The fraction of sp³-hybridized carbons (Fsp3) is 0.455. The Morgan fingerprint density at radius 3 is 1.96 bits per heavy atom. The van der Waals surface area contributed by atoms with Crippen LogP contribution in [-0.4, -0.2) is 12.6 Å². The number of hydrogen-bond acceptors (Lipinski definition) is 1. The van der Waals surface area contributed by atoms with Crippen molar-refractivity contribution in [3.63, 3.8) is 0 Å². The van der Waals surface area contributed by atoms with Gasteiger partial charge in [-0.25, -0.2) is 0 Å². The van der Waals surface area contributed by atoms with Crippen LogP contribution in [0, 0.1) is 0 Å². The molecule has 0 fully saturated rings. The molecule has 0 aliphatic carbocycles. The summed E-state index contributed by atoms with van der Waals surface area (Å²) < 4.78 is 0. The number of benzene rings is 2. The van der Waals surface area contributed by atoms with Crippen LogP contribution < -0.4 is 5.32 Å². The van der Waals surface area contributed by atoms with Gasteiger partial charge in [-0.1, -0.05) is 80.4 Å². The number of rotatable bonds is 11. The number of unbranched alkanes of at least 4 members (excludes halogenated alkanes) is 1. The second kappa shape index (κ2) is 11.0. The molecule has 0 saturated heterocycles. The van der Waals surface area contributed by atoms with Crippen molar-refractivity contribution in [3.05, 3.63) is 71.8 Å². The second-order valence-corrected chi connectivity index (χ2v) is 6.41. The van der Waals surface area contributed by atoms with Gasteiger partial charge >= 0.3 is 0 Å². The molecule has 0 aliphatic heterocycles. The number of hydrogen-bond donors (Lipinski definition) is 1. The lowest BCUT2D eigenvalue weighted by atomic mass is 10.0. The summed E-state index contributed by atoms with van der Waals surface area (Å²) in [6.07, 6.45) is 8.81. The van der Waals surface area contributed by atoms with Gasteiger partial charge in [-0.2, -0.15) is 0 Å². The third kappa shape index (κ3) is 7.47. The third-order valence-corrected chi connectivity index (χ3v) is 4.44. The fourth-order valence-electron chi connectivity index (χ4n) is 3.13. The van der Waals surface area contributed by atoms with E-state index in [9.17, 15) is 0 Å². The van der Waals surface area contributed by atoms with Crippen molar-refractivity contribution in [2.45, 2.75) is 57.9 Å². The predicted octanol–water partition coefficient (Wildman–Crippen LogP) is 5.40. The van der Waals surface area contributed by atoms with E-state index >= 15 is 0 Å². The zero-order valence-corrected chi connectivity index (χ0v) is 14.5. The normalized spacial score (nSPS) is 12.2. The van der Waals surface area contributed by atoms with Gasteiger partial charge in [0.1, 0.15) is 0 Å². The Bertz CT molecular complexity index is 506. The van der Waals surface area contributed by atoms with E-state index in [4.69, 9.17) is 0 Å². The van der Waals surface area contributed by atoms with Gasteiger partial charge in [-0.15, -0.1) is 0 Å². The summed E-state index contributed by atoms with van der Waals surface area (Å²) in [6.45, 7) is 3.38. The highest BCUT2D eigenvalue weighted by atomic mass is 14.9. The van der Waals surface area contributed by atoms with E-state index in [0.717, 1.165) is 13.0 Å². The minimum absolute atomic E-state index is 0.680. The average molecular weight is 309 g/mol. The van der Waals surface area contributed by atoms with Crippen molar-refractivity contribution < 1.29 is 0 Å². The van der Waals surface area contributed by atoms with Gasteiger partial charge in [0.15, 0.2) is 0 Å². The molecule has 0 heterocycles. The van der Waals surface area contributed by atoms with Crippen molar-refractivity contribution in [2.24, 2.45) is 0 Å². The van der Waals surface area contributed by atoms with Crippen LogP contribution >= 0.6 is 0 Å². The van der Waals surface area contributed by atoms with Crippen LogP contribution in [0.5, 0.6) is 0 Å². The van der Waals surface area contributed by atoms with E-state index < -0.39 is 0 Å². The Morgan fingerprint density at radius 2 is 1.35 bits per heavy atom. The molecule has 0 saturated carbocycles. The average Bonchev–Trinajstić information content (AvgIpc) is 2.60. The summed E-state index contributed by atoms with van der Waals surface area (Å²) in [7, 11) is 0. The van der Waals surface area contributed by atoms with Gasteiger partial charge in [0, 0.05) is 6.04 Å². The van der Waals surface area contributed by atoms with Crippen LogP contribution in [0.4, 0.5) is 0 Å². The molecule has 0 radical (unpaired) electrons. The van der Waals surface area contributed by atoms with E-state index in [1.165, 1.54) is 49.7 Å². The number of nitrogens with one attached hydrogen (secondary N) is 1. The summed E-state index contributed by atoms with van der Waals surface area (Å²) in [5, 5.41) is 3.77. The van der Waals surface area contributed by atoms with Crippen molar-refractivity contribution in [2.75, 3.05) is 6.54 Å². The first-order valence-corrected chi connectivity index (χ1v) is 9.19. The van der Waals surface area contributed by atoms with Gasteiger partial charge in [0.25, 0.3) is 0 Å². The van der Waals surface area contributed by atoms with Gasteiger partial charge in [0.05, 0.1) is 0 Å². The smallest absolute Gasteiger partial charge is 0.00670 e. The first-order valence-electron chi connectivity index (χ1n) is 9.19. The minimum Gasteiger partial charge on any atom is -0.314 e. The van der Waals surface area contributed by atoms with Gasteiger partial charge in [0.2, 0.25) is 0 Å². The van der Waals surface area contributed by atoms with Crippen molar-refractivity contribution in [1.82, 2.24) is 5.32 Å². The largest absolute Gasteiger partial charge is 0.314 e. The van der Waals surface area contributed by atoms with E-state index in [-0.39, 0.29) is 0 Å². The second-order valence-electron chi connectivity index (χ2n) is 6.41. The maximum atomic E-state index is 3.77. The lowest BCUT2D eigenvalue weighted by molar-refractivity contribution is 0.434. The number of aryl methyl sites for hydroxylation is 1. The molecular formula is C22H31N. The molecule has 2 rings (SSSR count). The van der Waals surface area contributed by atoms with Crippen LogP contribution in [0.1, 0.15) is 50.2 Å². The lowest BCUT2D eigenvalue weighted by Crippen LogP contribution is -2.30. The first-order chi connectivity index (χ1) is 11.4. The molecule has 1 nitrogen and oxygen atoms in total. The van der Waals surface area contributed by atoms with Gasteiger partial charge in [-0.05, 0) is 49.8 Å². The monoisotopic (exact) mass is 309 g/mol. The Hall–Kier alpha value is -1.60. The summed E-state index contributed by atoms with van der Waals surface area (Å²) >= 11 is 0. The SMILES string of the molecule is CCCC(CCCCc1ccccc1)NCCc1ccccc1. The first kappa shape index (κ1) is 17.7. The summed E-state index contributed by atoms with van der Waals surface area (Å²) in [5.74, 6) is 0. The van der Waals surface area contributed by atoms with Crippen LogP contribution in [0.2, 0.25) is 0 Å². The third-order valence-electron chi connectivity index (χ3n) is 4.44.